The molecule has 4 heteroatoms. The van der Waals surface area contributed by atoms with Gasteiger partial charge in [-0.15, -0.1) is 11.3 Å². The molecule has 19 heavy (non-hydrogen) atoms. The minimum absolute atomic E-state index is 0.0982. The maximum Gasteiger partial charge on any atom is 0.261 e. The summed E-state index contributed by atoms with van der Waals surface area (Å²) < 4.78 is 0. The van der Waals surface area contributed by atoms with E-state index in [1.807, 2.05) is 7.05 Å². The van der Waals surface area contributed by atoms with Gasteiger partial charge in [0.15, 0.2) is 0 Å². The van der Waals surface area contributed by atoms with Crippen LogP contribution in [0.25, 0.3) is 0 Å². The Hall–Kier alpha value is -0.870. The lowest BCUT2D eigenvalue weighted by Crippen LogP contribution is -2.31. The van der Waals surface area contributed by atoms with Crippen molar-refractivity contribution in [3.8, 4) is 0 Å². The fourth-order valence-corrected chi connectivity index (χ4v) is 3.72. The molecule has 1 aromatic heterocycles. The van der Waals surface area contributed by atoms with Crippen LogP contribution in [0, 0.1) is 5.92 Å². The van der Waals surface area contributed by atoms with Gasteiger partial charge in [0.25, 0.3) is 5.91 Å². The van der Waals surface area contributed by atoms with Gasteiger partial charge in [0, 0.05) is 11.4 Å². The van der Waals surface area contributed by atoms with Gasteiger partial charge < -0.3 is 10.6 Å². The maximum atomic E-state index is 12.1. The minimum Gasteiger partial charge on any atom is -0.351 e. The molecule has 0 radical (unpaired) electrons. The summed E-state index contributed by atoms with van der Waals surface area (Å²) in [5.74, 6) is 0.563. The summed E-state index contributed by atoms with van der Waals surface area (Å²) in [4.78, 5) is 14.5. The lowest BCUT2D eigenvalue weighted by Gasteiger charge is -2.11. The Kier molecular flexibility index (Phi) is 5.40. The van der Waals surface area contributed by atoms with Crippen LogP contribution < -0.4 is 10.6 Å². The summed E-state index contributed by atoms with van der Waals surface area (Å²) in [5.41, 5.74) is 1.41. The van der Waals surface area contributed by atoms with Crippen LogP contribution in [0.3, 0.4) is 0 Å². The molecule has 2 N–H and O–H groups in total. The predicted molar refractivity (Wildman–Crippen MR) is 81.0 cm³/mol. The summed E-state index contributed by atoms with van der Waals surface area (Å²) in [7, 11) is 1.94. The Morgan fingerprint density at radius 2 is 2.11 bits per heavy atom. The van der Waals surface area contributed by atoms with Crippen LogP contribution in [0.4, 0.5) is 0 Å². The quantitative estimate of drug-likeness (QED) is 0.814. The highest BCUT2D eigenvalue weighted by molar-refractivity contribution is 7.14. The second-order valence-corrected chi connectivity index (χ2v) is 6.63. The summed E-state index contributed by atoms with van der Waals surface area (Å²) in [5, 5.41) is 6.17. The fraction of sp³-hybridized carbons (Fsp3) is 0.667. The Bertz CT molecular complexity index is 404. The number of thiophene rings is 1. The summed E-state index contributed by atoms with van der Waals surface area (Å²) in [6, 6.07) is 2.11. The van der Waals surface area contributed by atoms with E-state index in [0.29, 0.717) is 5.92 Å². The third-order valence-electron chi connectivity index (χ3n) is 3.63. The van der Waals surface area contributed by atoms with Crippen LogP contribution >= 0.6 is 11.3 Å². The standard InChI is InChI=1S/C15H24N2OS/c1-11(9-16-2)10-17-15(18)14-8-12-6-4-3-5-7-13(12)19-14/h8,11,16H,3-7,9-10H2,1-2H3,(H,17,18). The molecule has 3 nitrogen and oxygen atoms in total. The highest BCUT2D eigenvalue weighted by Crippen LogP contribution is 2.28. The number of fused-ring (bicyclic) bond motifs is 1. The number of carbonyl (C=O) groups is 1. The number of hydrogen-bond acceptors (Lipinski definition) is 3. The second kappa shape index (κ2) is 7.06. The third kappa shape index (κ3) is 4.05. The Balaban J connectivity index is 1.92. The van der Waals surface area contributed by atoms with Crippen LogP contribution in [-0.2, 0) is 12.8 Å². The molecule has 1 amide bonds. The van der Waals surface area contributed by atoms with E-state index in [0.717, 1.165) is 30.8 Å². The normalized spacial score (nSPS) is 16.5. The highest BCUT2D eigenvalue weighted by Gasteiger charge is 2.16. The van der Waals surface area contributed by atoms with Crippen LogP contribution in [0.1, 0.15) is 46.3 Å². The zero-order chi connectivity index (χ0) is 13.7. The van der Waals surface area contributed by atoms with Crippen molar-refractivity contribution in [1.29, 1.82) is 0 Å². The molecule has 1 aromatic rings. The lowest BCUT2D eigenvalue weighted by molar-refractivity contribution is 0.0952. The summed E-state index contributed by atoms with van der Waals surface area (Å²) >= 11 is 1.69. The molecule has 0 aliphatic heterocycles. The molecular weight excluding hydrogens is 256 g/mol. The van der Waals surface area contributed by atoms with E-state index in [1.165, 1.54) is 29.7 Å². The molecule has 2 rings (SSSR count). The number of nitrogens with one attached hydrogen (secondary N) is 2. The van der Waals surface area contributed by atoms with Crippen molar-refractivity contribution >= 4 is 17.2 Å². The Morgan fingerprint density at radius 1 is 1.32 bits per heavy atom. The Labute approximate surface area is 119 Å². The zero-order valence-electron chi connectivity index (χ0n) is 11.9. The number of hydrogen-bond donors (Lipinski definition) is 2. The van der Waals surface area contributed by atoms with Gasteiger partial charge in [0.05, 0.1) is 4.88 Å². The van der Waals surface area contributed by atoms with E-state index < -0.39 is 0 Å². The molecule has 0 saturated heterocycles. The van der Waals surface area contributed by atoms with E-state index in [4.69, 9.17) is 0 Å². The van der Waals surface area contributed by atoms with Gasteiger partial charge >= 0.3 is 0 Å². The number of amides is 1. The molecule has 1 heterocycles. The first-order chi connectivity index (χ1) is 9.20. The molecule has 1 unspecified atom stereocenters. The largest absolute Gasteiger partial charge is 0.351 e. The number of rotatable bonds is 5. The molecule has 1 aliphatic rings. The number of aryl methyl sites for hydroxylation is 2. The topological polar surface area (TPSA) is 41.1 Å². The van der Waals surface area contributed by atoms with Gasteiger partial charge in [-0.3, -0.25) is 4.79 Å². The first kappa shape index (κ1) is 14.5. The average Bonchev–Trinajstić information content (AvgIpc) is 2.68. The Morgan fingerprint density at radius 3 is 2.89 bits per heavy atom. The molecule has 0 fully saturated rings. The SMILES string of the molecule is CNCC(C)CNC(=O)c1cc2c(s1)CCCCC2. The summed E-state index contributed by atoms with van der Waals surface area (Å²) in [6.45, 7) is 3.81. The van der Waals surface area contributed by atoms with E-state index in [9.17, 15) is 4.79 Å². The maximum absolute atomic E-state index is 12.1. The van der Waals surface area contributed by atoms with Crippen molar-refractivity contribution in [1.82, 2.24) is 10.6 Å². The van der Waals surface area contributed by atoms with Crippen molar-refractivity contribution in [3.63, 3.8) is 0 Å². The molecule has 0 bridgehead atoms. The highest BCUT2D eigenvalue weighted by atomic mass is 32.1. The zero-order valence-corrected chi connectivity index (χ0v) is 12.7. The average molecular weight is 280 g/mol. The molecule has 1 aliphatic carbocycles. The van der Waals surface area contributed by atoms with E-state index in [-0.39, 0.29) is 5.91 Å². The van der Waals surface area contributed by atoms with Gasteiger partial charge in [-0.2, -0.15) is 0 Å². The molecule has 106 valence electrons. The minimum atomic E-state index is 0.0982. The first-order valence-electron chi connectivity index (χ1n) is 7.25. The number of carbonyl (C=O) groups excluding carboxylic acids is 1. The van der Waals surface area contributed by atoms with Crippen molar-refractivity contribution in [2.75, 3.05) is 20.1 Å². The van der Waals surface area contributed by atoms with Gasteiger partial charge in [-0.1, -0.05) is 13.3 Å². The van der Waals surface area contributed by atoms with E-state index in [2.05, 4.69) is 23.6 Å². The van der Waals surface area contributed by atoms with Crippen molar-refractivity contribution in [2.24, 2.45) is 5.92 Å². The van der Waals surface area contributed by atoms with Crippen molar-refractivity contribution < 1.29 is 4.79 Å². The monoisotopic (exact) mass is 280 g/mol. The fourth-order valence-electron chi connectivity index (χ4n) is 2.55. The summed E-state index contributed by atoms with van der Waals surface area (Å²) in [6.07, 6.45) is 6.17. The van der Waals surface area contributed by atoms with Crippen molar-refractivity contribution in [2.45, 2.75) is 39.0 Å². The third-order valence-corrected chi connectivity index (χ3v) is 4.87. The smallest absolute Gasteiger partial charge is 0.261 e. The van der Waals surface area contributed by atoms with Gasteiger partial charge in [-0.05, 0) is 56.8 Å². The van der Waals surface area contributed by atoms with Gasteiger partial charge in [0.2, 0.25) is 0 Å². The van der Waals surface area contributed by atoms with E-state index >= 15 is 0 Å². The van der Waals surface area contributed by atoms with Crippen LogP contribution in [0.5, 0.6) is 0 Å². The lowest BCUT2D eigenvalue weighted by atomic mass is 10.1. The second-order valence-electron chi connectivity index (χ2n) is 5.49. The van der Waals surface area contributed by atoms with Crippen molar-refractivity contribution in [3.05, 3.63) is 21.4 Å². The molecule has 0 spiro atoms. The van der Waals surface area contributed by atoms with Gasteiger partial charge in [-0.25, -0.2) is 0 Å². The molecule has 0 aromatic carbocycles. The van der Waals surface area contributed by atoms with E-state index in [1.54, 1.807) is 11.3 Å². The van der Waals surface area contributed by atoms with Gasteiger partial charge in [0.1, 0.15) is 0 Å². The molecule has 0 saturated carbocycles. The van der Waals surface area contributed by atoms with Crippen LogP contribution in [0.15, 0.2) is 6.07 Å². The van der Waals surface area contributed by atoms with Crippen LogP contribution in [-0.4, -0.2) is 26.0 Å². The first-order valence-corrected chi connectivity index (χ1v) is 8.06. The predicted octanol–water partition coefficient (Wildman–Crippen LogP) is 2.60. The van der Waals surface area contributed by atoms with Crippen LogP contribution in [0.2, 0.25) is 0 Å². The molecule has 1 atom stereocenters. The molecular formula is C15H24N2OS.